The molecular formula is C20H24N2O4. The third-order valence-corrected chi connectivity index (χ3v) is 5.63. The van der Waals surface area contributed by atoms with Crippen LogP contribution in [0.15, 0.2) is 18.2 Å². The Labute approximate surface area is 152 Å². The largest absolute Gasteiger partial charge is 0.376 e. The number of carbonyl (C=O) groups excluding carboxylic acids is 3. The smallest absolute Gasteiger partial charge is 0.261 e. The molecule has 1 aromatic rings. The van der Waals surface area contributed by atoms with Gasteiger partial charge in [0.05, 0.1) is 17.2 Å². The van der Waals surface area contributed by atoms with Gasteiger partial charge in [-0.1, -0.05) is 19.3 Å². The van der Waals surface area contributed by atoms with Crippen LogP contribution in [-0.4, -0.2) is 47.9 Å². The Hall–Kier alpha value is -2.21. The normalized spacial score (nSPS) is 23.4. The van der Waals surface area contributed by atoms with E-state index in [9.17, 15) is 14.4 Å². The van der Waals surface area contributed by atoms with E-state index >= 15 is 0 Å². The standard InChI is InChI=1S/C20H24N2O4/c23-18(21-12-15-7-4-10-26-15)13-8-9-16-17(11-13)20(25)22(19(16)24)14-5-2-1-3-6-14/h8-9,11,14-15H,1-7,10,12H2,(H,21,23)/t15-/m1/s1. The third kappa shape index (κ3) is 3.14. The molecule has 4 rings (SSSR count). The SMILES string of the molecule is O=C(NC[C@H]1CCCO1)c1ccc2c(c1)C(=O)N(C1CCCCC1)C2=O. The van der Waals surface area contributed by atoms with Crippen LogP contribution >= 0.6 is 0 Å². The second kappa shape index (κ2) is 7.19. The average molecular weight is 356 g/mol. The lowest BCUT2D eigenvalue weighted by Crippen LogP contribution is -2.40. The summed E-state index contributed by atoms with van der Waals surface area (Å²) in [5.41, 5.74) is 1.18. The highest BCUT2D eigenvalue weighted by Crippen LogP contribution is 2.31. The first kappa shape index (κ1) is 17.2. The molecule has 1 N–H and O–H groups in total. The molecule has 2 heterocycles. The van der Waals surface area contributed by atoms with Crippen molar-refractivity contribution in [1.29, 1.82) is 0 Å². The van der Waals surface area contributed by atoms with Crippen molar-refractivity contribution in [2.24, 2.45) is 0 Å². The maximum Gasteiger partial charge on any atom is 0.261 e. The highest BCUT2D eigenvalue weighted by molar-refractivity contribution is 6.22. The summed E-state index contributed by atoms with van der Waals surface area (Å²) in [6, 6.07) is 4.79. The molecule has 0 aromatic heterocycles. The van der Waals surface area contributed by atoms with Crippen LogP contribution in [-0.2, 0) is 4.74 Å². The lowest BCUT2D eigenvalue weighted by Gasteiger charge is -2.29. The van der Waals surface area contributed by atoms with E-state index in [2.05, 4.69) is 5.32 Å². The topological polar surface area (TPSA) is 75.7 Å². The van der Waals surface area contributed by atoms with Gasteiger partial charge in [-0.15, -0.1) is 0 Å². The van der Waals surface area contributed by atoms with Crippen molar-refractivity contribution >= 4 is 17.7 Å². The van der Waals surface area contributed by atoms with E-state index in [4.69, 9.17) is 4.74 Å². The second-order valence-electron chi connectivity index (χ2n) is 7.38. The molecule has 0 bridgehead atoms. The minimum absolute atomic E-state index is 0.00654. The number of nitrogens with zero attached hydrogens (tertiary/aromatic N) is 1. The lowest BCUT2D eigenvalue weighted by molar-refractivity contribution is 0.0549. The summed E-state index contributed by atoms with van der Waals surface area (Å²) in [5.74, 6) is -0.714. The zero-order chi connectivity index (χ0) is 18.1. The van der Waals surface area contributed by atoms with Crippen molar-refractivity contribution in [1.82, 2.24) is 10.2 Å². The Balaban J connectivity index is 1.49. The van der Waals surface area contributed by atoms with Gasteiger partial charge in [-0.25, -0.2) is 0 Å². The first-order valence-corrected chi connectivity index (χ1v) is 9.57. The average Bonchev–Trinajstić information content (AvgIpc) is 3.27. The summed E-state index contributed by atoms with van der Waals surface area (Å²) in [4.78, 5) is 39.3. The Morgan fingerprint density at radius 1 is 1.04 bits per heavy atom. The zero-order valence-corrected chi connectivity index (χ0v) is 14.8. The van der Waals surface area contributed by atoms with Crippen LogP contribution in [0.2, 0.25) is 0 Å². The quantitative estimate of drug-likeness (QED) is 0.841. The first-order valence-electron chi connectivity index (χ1n) is 9.57. The summed E-state index contributed by atoms with van der Waals surface area (Å²) in [7, 11) is 0. The van der Waals surface area contributed by atoms with Crippen LogP contribution in [0.25, 0.3) is 0 Å². The van der Waals surface area contributed by atoms with Crippen LogP contribution in [0.3, 0.4) is 0 Å². The van der Waals surface area contributed by atoms with Crippen molar-refractivity contribution in [2.45, 2.75) is 57.1 Å². The molecule has 6 heteroatoms. The molecular weight excluding hydrogens is 332 g/mol. The van der Waals surface area contributed by atoms with Crippen molar-refractivity contribution < 1.29 is 19.1 Å². The molecule has 0 spiro atoms. The summed E-state index contributed by atoms with van der Waals surface area (Å²) >= 11 is 0. The van der Waals surface area contributed by atoms with Crippen molar-refractivity contribution in [3.8, 4) is 0 Å². The van der Waals surface area contributed by atoms with Crippen LogP contribution in [0.5, 0.6) is 0 Å². The van der Waals surface area contributed by atoms with Gasteiger partial charge in [0.25, 0.3) is 17.7 Å². The molecule has 2 aliphatic heterocycles. The highest BCUT2D eigenvalue weighted by Gasteiger charge is 2.40. The Morgan fingerprint density at radius 2 is 1.81 bits per heavy atom. The summed E-state index contributed by atoms with van der Waals surface area (Å²) in [6.45, 7) is 1.21. The fraction of sp³-hybridized carbons (Fsp3) is 0.550. The Bertz CT molecular complexity index is 733. The predicted molar refractivity (Wildman–Crippen MR) is 95.1 cm³/mol. The molecule has 3 amide bonds. The molecule has 1 saturated carbocycles. The van der Waals surface area contributed by atoms with Gasteiger partial charge in [-0.05, 0) is 43.9 Å². The van der Waals surface area contributed by atoms with E-state index in [1.807, 2.05) is 0 Å². The molecule has 1 aliphatic carbocycles. The van der Waals surface area contributed by atoms with Gasteiger partial charge in [0.1, 0.15) is 0 Å². The fourth-order valence-electron chi connectivity index (χ4n) is 4.19. The van der Waals surface area contributed by atoms with Gasteiger partial charge in [0.2, 0.25) is 0 Å². The highest BCUT2D eigenvalue weighted by atomic mass is 16.5. The maximum absolute atomic E-state index is 12.8. The molecule has 2 fully saturated rings. The monoisotopic (exact) mass is 356 g/mol. The van der Waals surface area contributed by atoms with Crippen LogP contribution < -0.4 is 5.32 Å². The number of fused-ring (bicyclic) bond motifs is 1. The van der Waals surface area contributed by atoms with Crippen molar-refractivity contribution in [2.75, 3.05) is 13.2 Å². The van der Waals surface area contributed by atoms with E-state index in [1.54, 1.807) is 18.2 Å². The van der Waals surface area contributed by atoms with E-state index in [-0.39, 0.29) is 29.9 Å². The number of ether oxygens (including phenoxy) is 1. The van der Waals surface area contributed by atoms with Gasteiger partial charge >= 0.3 is 0 Å². The van der Waals surface area contributed by atoms with E-state index in [0.29, 0.717) is 23.2 Å². The van der Waals surface area contributed by atoms with Gasteiger partial charge in [-0.3, -0.25) is 19.3 Å². The lowest BCUT2D eigenvalue weighted by atomic mass is 9.94. The number of nitrogens with one attached hydrogen (secondary N) is 1. The molecule has 6 nitrogen and oxygen atoms in total. The number of hydrogen-bond acceptors (Lipinski definition) is 4. The molecule has 1 saturated heterocycles. The Morgan fingerprint density at radius 3 is 2.54 bits per heavy atom. The van der Waals surface area contributed by atoms with Crippen LogP contribution in [0.4, 0.5) is 0 Å². The number of benzene rings is 1. The van der Waals surface area contributed by atoms with Crippen LogP contribution in [0.1, 0.15) is 76.0 Å². The summed E-state index contributed by atoms with van der Waals surface area (Å²) < 4.78 is 5.51. The minimum atomic E-state index is -0.259. The minimum Gasteiger partial charge on any atom is -0.376 e. The first-order chi connectivity index (χ1) is 12.6. The molecule has 1 aromatic carbocycles. The van der Waals surface area contributed by atoms with Gasteiger partial charge < -0.3 is 10.1 Å². The number of rotatable bonds is 4. The van der Waals surface area contributed by atoms with Crippen molar-refractivity contribution in [3.05, 3.63) is 34.9 Å². The van der Waals surface area contributed by atoms with Gasteiger partial charge in [-0.2, -0.15) is 0 Å². The molecule has 3 aliphatic rings. The van der Waals surface area contributed by atoms with E-state index in [1.165, 1.54) is 4.90 Å². The van der Waals surface area contributed by atoms with Gasteiger partial charge in [0, 0.05) is 24.8 Å². The zero-order valence-electron chi connectivity index (χ0n) is 14.8. The Kier molecular flexibility index (Phi) is 4.76. The molecule has 1 atom stereocenters. The third-order valence-electron chi connectivity index (χ3n) is 5.63. The number of imide groups is 1. The van der Waals surface area contributed by atoms with E-state index in [0.717, 1.165) is 51.6 Å². The molecule has 138 valence electrons. The van der Waals surface area contributed by atoms with Crippen molar-refractivity contribution in [3.63, 3.8) is 0 Å². The second-order valence-corrected chi connectivity index (χ2v) is 7.38. The predicted octanol–water partition coefficient (Wildman–Crippen LogP) is 2.52. The molecule has 26 heavy (non-hydrogen) atoms. The summed E-state index contributed by atoms with van der Waals surface area (Å²) in [5, 5.41) is 2.86. The summed E-state index contributed by atoms with van der Waals surface area (Å²) in [6.07, 6.45) is 7.05. The molecule has 0 radical (unpaired) electrons. The molecule has 0 unspecified atom stereocenters. The van der Waals surface area contributed by atoms with E-state index < -0.39 is 0 Å². The van der Waals surface area contributed by atoms with Gasteiger partial charge in [0.15, 0.2) is 0 Å². The number of carbonyl (C=O) groups is 3. The number of hydrogen-bond donors (Lipinski definition) is 1. The number of amides is 3. The fourth-order valence-corrected chi connectivity index (χ4v) is 4.19. The van der Waals surface area contributed by atoms with Crippen LogP contribution in [0, 0.1) is 0 Å². The maximum atomic E-state index is 12.8.